The summed E-state index contributed by atoms with van der Waals surface area (Å²) in [6.45, 7) is 10.4. The van der Waals surface area contributed by atoms with Gasteiger partial charge in [-0.3, -0.25) is 4.90 Å². The number of carbonyl (C=O) groups is 1. The van der Waals surface area contributed by atoms with Gasteiger partial charge in [-0.25, -0.2) is 4.79 Å². The van der Waals surface area contributed by atoms with Crippen LogP contribution in [0.4, 0.5) is 4.79 Å². The first kappa shape index (κ1) is 13.3. The van der Waals surface area contributed by atoms with E-state index in [2.05, 4.69) is 0 Å². The first-order valence-electron chi connectivity index (χ1n) is 5.93. The van der Waals surface area contributed by atoms with E-state index in [0.717, 1.165) is 12.8 Å². The lowest BCUT2D eigenvalue weighted by Gasteiger charge is -2.53. The summed E-state index contributed by atoms with van der Waals surface area (Å²) in [6.07, 6.45) is 1.40. The number of nitrogens with two attached hydrogens (primary N) is 1. The molecule has 4 heteroatoms. The fraction of sp³-hybridized carbons (Fsp3) is 0.917. The van der Waals surface area contributed by atoms with E-state index < -0.39 is 0 Å². The van der Waals surface area contributed by atoms with Crippen LogP contribution in [0.15, 0.2) is 0 Å². The largest absolute Gasteiger partial charge is 0.450 e. The topological polar surface area (TPSA) is 55.6 Å². The van der Waals surface area contributed by atoms with Crippen molar-refractivity contribution in [1.82, 2.24) is 4.90 Å². The highest BCUT2D eigenvalue weighted by Gasteiger charge is 2.47. The van der Waals surface area contributed by atoms with E-state index in [1.165, 1.54) is 0 Å². The van der Waals surface area contributed by atoms with Crippen molar-refractivity contribution in [2.45, 2.75) is 64.6 Å². The third kappa shape index (κ3) is 2.48. The molecule has 1 amide bonds. The quantitative estimate of drug-likeness (QED) is 0.748. The summed E-state index contributed by atoms with van der Waals surface area (Å²) in [5.41, 5.74) is 5.56. The molecule has 1 aliphatic rings. The van der Waals surface area contributed by atoms with Crippen molar-refractivity contribution < 1.29 is 9.53 Å². The molecule has 1 heterocycles. The molecule has 4 nitrogen and oxygen atoms in total. The van der Waals surface area contributed by atoms with Crippen molar-refractivity contribution in [3.8, 4) is 0 Å². The van der Waals surface area contributed by atoms with E-state index in [0.29, 0.717) is 6.61 Å². The van der Waals surface area contributed by atoms with Gasteiger partial charge in [0.2, 0.25) is 0 Å². The van der Waals surface area contributed by atoms with E-state index in [1.807, 2.05) is 39.5 Å². The molecule has 0 aromatic carbocycles. The molecule has 1 aliphatic heterocycles. The minimum Gasteiger partial charge on any atom is -0.450 e. The maximum absolute atomic E-state index is 12.0. The summed E-state index contributed by atoms with van der Waals surface area (Å²) in [5.74, 6) is 0. The number of amides is 1. The molecular weight excluding hydrogens is 204 g/mol. The number of ether oxygens (including phenoxy) is 1. The zero-order valence-corrected chi connectivity index (χ0v) is 11.0. The number of piperidine rings is 1. The maximum Gasteiger partial charge on any atom is 0.410 e. The fourth-order valence-corrected chi connectivity index (χ4v) is 3.04. The fourth-order valence-electron chi connectivity index (χ4n) is 3.04. The van der Waals surface area contributed by atoms with Gasteiger partial charge < -0.3 is 10.5 Å². The lowest BCUT2D eigenvalue weighted by molar-refractivity contribution is -0.0283. The number of hydrogen-bond donors (Lipinski definition) is 1. The van der Waals surface area contributed by atoms with Crippen molar-refractivity contribution in [2.75, 3.05) is 6.61 Å². The van der Waals surface area contributed by atoms with Crippen LogP contribution in [0.5, 0.6) is 0 Å². The number of hydrogen-bond acceptors (Lipinski definition) is 3. The Balaban J connectivity index is 2.97. The molecule has 0 aromatic rings. The van der Waals surface area contributed by atoms with Crippen molar-refractivity contribution in [2.24, 2.45) is 5.73 Å². The van der Waals surface area contributed by atoms with Crippen LogP contribution in [0, 0.1) is 0 Å². The van der Waals surface area contributed by atoms with Gasteiger partial charge in [-0.2, -0.15) is 0 Å². The molecule has 0 saturated carbocycles. The van der Waals surface area contributed by atoms with Gasteiger partial charge in [-0.05, 0) is 47.5 Å². The smallest absolute Gasteiger partial charge is 0.410 e. The minimum atomic E-state index is -0.243. The SMILES string of the molecule is CCOC(=O)N1C(C)(C)CC(N)CC1(C)C. The maximum atomic E-state index is 12.0. The second kappa shape index (κ2) is 4.24. The Morgan fingerprint density at radius 2 is 1.75 bits per heavy atom. The lowest BCUT2D eigenvalue weighted by Crippen LogP contribution is -2.65. The Hall–Kier alpha value is -0.770. The molecule has 2 N–H and O–H groups in total. The Morgan fingerprint density at radius 3 is 2.12 bits per heavy atom. The van der Waals surface area contributed by atoms with Crippen LogP contribution in [-0.4, -0.2) is 34.7 Å². The molecule has 0 aromatic heterocycles. The summed E-state index contributed by atoms with van der Waals surface area (Å²) in [4.78, 5) is 13.8. The second-order valence-corrected chi connectivity index (χ2v) is 5.83. The van der Waals surface area contributed by atoms with Gasteiger partial charge >= 0.3 is 6.09 Å². The third-order valence-electron chi connectivity index (χ3n) is 3.18. The van der Waals surface area contributed by atoms with Crippen LogP contribution in [-0.2, 0) is 4.74 Å². The van der Waals surface area contributed by atoms with Crippen molar-refractivity contribution >= 4 is 6.09 Å². The standard InChI is InChI=1S/C12H24N2O2/c1-6-16-10(15)14-11(2,3)7-9(13)8-12(14,4)5/h9H,6-8,13H2,1-5H3. The Bertz CT molecular complexity index is 256. The van der Waals surface area contributed by atoms with Gasteiger partial charge in [0.05, 0.1) is 6.61 Å². The molecule has 0 atom stereocenters. The van der Waals surface area contributed by atoms with Crippen LogP contribution < -0.4 is 5.73 Å². The molecule has 94 valence electrons. The summed E-state index contributed by atoms with van der Waals surface area (Å²) in [6, 6.07) is 0.149. The first-order valence-corrected chi connectivity index (χ1v) is 5.93. The van der Waals surface area contributed by atoms with Crippen LogP contribution in [0.1, 0.15) is 47.5 Å². The highest BCUT2D eigenvalue weighted by atomic mass is 16.6. The molecule has 0 radical (unpaired) electrons. The Morgan fingerprint density at radius 1 is 1.31 bits per heavy atom. The van der Waals surface area contributed by atoms with Gasteiger partial charge in [0.1, 0.15) is 0 Å². The highest BCUT2D eigenvalue weighted by Crippen LogP contribution is 2.38. The van der Waals surface area contributed by atoms with Crippen LogP contribution in [0.3, 0.4) is 0 Å². The number of nitrogens with zero attached hydrogens (tertiary/aromatic N) is 1. The zero-order valence-electron chi connectivity index (χ0n) is 11.0. The number of likely N-dealkylation sites (tertiary alicyclic amines) is 1. The average molecular weight is 228 g/mol. The Kier molecular flexibility index (Phi) is 3.53. The molecule has 0 spiro atoms. The first-order chi connectivity index (χ1) is 7.20. The molecule has 1 saturated heterocycles. The normalized spacial score (nSPS) is 24.2. The number of carbonyl (C=O) groups excluding carboxylic acids is 1. The van der Waals surface area contributed by atoms with Crippen molar-refractivity contribution in [3.05, 3.63) is 0 Å². The van der Waals surface area contributed by atoms with Crippen LogP contribution in [0.2, 0.25) is 0 Å². The molecule has 1 fully saturated rings. The van der Waals surface area contributed by atoms with E-state index in [1.54, 1.807) is 0 Å². The van der Waals surface area contributed by atoms with E-state index in [-0.39, 0.29) is 23.2 Å². The van der Waals surface area contributed by atoms with Gasteiger partial charge in [-0.1, -0.05) is 0 Å². The van der Waals surface area contributed by atoms with Gasteiger partial charge in [0.15, 0.2) is 0 Å². The molecule has 1 rings (SSSR count). The summed E-state index contributed by atoms with van der Waals surface area (Å²) in [7, 11) is 0. The molecule has 0 bridgehead atoms. The Labute approximate surface area is 98.1 Å². The predicted octanol–water partition coefficient (Wildman–Crippen LogP) is 2.12. The molecule has 0 aliphatic carbocycles. The van der Waals surface area contributed by atoms with E-state index >= 15 is 0 Å². The van der Waals surface area contributed by atoms with E-state index in [9.17, 15) is 4.79 Å². The van der Waals surface area contributed by atoms with E-state index in [4.69, 9.17) is 10.5 Å². The van der Waals surface area contributed by atoms with Crippen molar-refractivity contribution in [1.29, 1.82) is 0 Å². The van der Waals surface area contributed by atoms with Gasteiger partial charge in [0.25, 0.3) is 0 Å². The van der Waals surface area contributed by atoms with Crippen LogP contribution in [0.25, 0.3) is 0 Å². The predicted molar refractivity (Wildman–Crippen MR) is 64.2 cm³/mol. The summed E-state index contributed by atoms with van der Waals surface area (Å²) < 4.78 is 5.13. The second-order valence-electron chi connectivity index (χ2n) is 5.83. The molecule has 16 heavy (non-hydrogen) atoms. The third-order valence-corrected chi connectivity index (χ3v) is 3.18. The van der Waals surface area contributed by atoms with Gasteiger partial charge in [0, 0.05) is 17.1 Å². The monoisotopic (exact) mass is 228 g/mol. The average Bonchev–Trinajstić information content (AvgIpc) is 1.96. The molecular formula is C12H24N2O2. The lowest BCUT2D eigenvalue weighted by atomic mass is 9.77. The number of rotatable bonds is 1. The zero-order chi connectivity index (χ0) is 12.6. The highest BCUT2D eigenvalue weighted by molar-refractivity contribution is 5.70. The summed E-state index contributed by atoms with van der Waals surface area (Å²) >= 11 is 0. The van der Waals surface area contributed by atoms with Gasteiger partial charge in [-0.15, -0.1) is 0 Å². The van der Waals surface area contributed by atoms with Crippen LogP contribution >= 0.6 is 0 Å². The molecule has 0 unspecified atom stereocenters. The summed E-state index contributed by atoms with van der Waals surface area (Å²) in [5, 5.41) is 0. The minimum absolute atomic E-state index is 0.149. The van der Waals surface area contributed by atoms with Crippen molar-refractivity contribution in [3.63, 3.8) is 0 Å².